The van der Waals surface area contributed by atoms with Crippen molar-refractivity contribution >= 4 is 11.7 Å². The molecule has 2 aliphatic heterocycles. The Hall–Kier alpha value is -1.64. The summed E-state index contributed by atoms with van der Waals surface area (Å²) in [4.78, 5) is 27.1. The SMILES string of the molecule is Cc1cc(C)c(C2C(=O)C3CCCCN3C2=O)cc1C. The summed E-state index contributed by atoms with van der Waals surface area (Å²) in [5.74, 6) is -0.426. The van der Waals surface area contributed by atoms with E-state index in [2.05, 4.69) is 13.0 Å². The van der Waals surface area contributed by atoms with E-state index in [1.54, 1.807) is 0 Å². The van der Waals surface area contributed by atoms with E-state index in [0.717, 1.165) is 42.5 Å². The van der Waals surface area contributed by atoms with E-state index < -0.39 is 5.92 Å². The minimum Gasteiger partial charge on any atom is -0.332 e. The summed E-state index contributed by atoms with van der Waals surface area (Å²) in [6.45, 7) is 6.85. The molecule has 1 amide bonds. The van der Waals surface area contributed by atoms with Crippen LogP contribution in [0.1, 0.15) is 47.4 Å². The summed E-state index contributed by atoms with van der Waals surface area (Å²) < 4.78 is 0. The van der Waals surface area contributed by atoms with Crippen molar-refractivity contribution in [2.45, 2.75) is 52.0 Å². The highest BCUT2D eigenvalue weighted by atomic mass is 16.2. The Kier molecular flexibility index (Phi) is 3.15. The van der Waals surface area contributed by atoms with E-state index in [4.69, 9.17) is 0 Å². The Bertz CT molecular complexity index is 567. The van der Waals surface area contributed by atoms with E-state index in [1.807, 2.05) is 24.8 Å². The van der Waals surface area contributed by atoms with E-state index in [9.17, 15) is 9.59 Å². The van der Waals surface area contributed by atoms with E-state index in [0.29, 0.717) is 0 Å². The molecular formula is C17H21NO2. The average molecular weight is 271 g/mol. The van der Waals surface area contributed by atoms with Gasteiger partial charge in [-0.15, -0.1) is 0 Å². The number of piperidine rings is 1. The third-order valence-electron chi connectivity index (χ3n) is 4.84. The summed E-state index contributed by atoms with van der Waals surface area (Å²) in [5, 5.41) is 0. The second-order valence-corrected chi connectivity index (χ2v) is 6.17. The number of amides is 1. The van der Waals surface area contributed by atoms with Crippen LogP contribution in [0.15, 0.2) is 12.1 Å². The molecule has 2 heterocycles. The molecule has 0 aliphatic carbocycles. The zero-order chi connectivity index (χ0) is 14.4. The lowest BCUT2D eigenvalue weighted by atomic mass is 9.87. The molecule has 1 aromatic carbocycles. The molecule has 106 valence electrons. The molecule has 0 aromatic heterocycles. The number of carbonyl (C=O) groups is 2. The van der Waals surface area contributed by atoms with Crippen molar-refractivity contribution < 1.29 is 9.59 Å². The summed E-state index contributed by atoms with van der Waals surface area (Å²) in [6, 6.07) is 3.95. The number of carbonyl (C=O) groups excluding carboxylic acids is 2. The molecule has 3 rings (SSSR count). The molecule has 0 saturated carbocycles. The molecule has 20 heavy (non-hydrogen) atoms. The van der Waals surface area contributed by atoms with Crippen LogP contribution in [0.3, 0.4) is 0 Å². The number of Topliss-reactive ketones (excluding diaryl/α,β-unsaturated/α-hetero) is 1. The van der Waals surface area contributed by atoms with Crippen molar-refractivity contribution in [1.82, 2.24) is 4.90 Å². The topological polar surface area (TPSA) is 37.4 Å². The van der Waals surface area contributed by atoms with Crippen LogP contribution in [0.5, 0.6) is 0 Å². The van der Waals surface area contributed by atoms with Crippen molar-refractivity contribution in [3.63, 3.8) is 0 Å². The van der Waals surface area contributed by atoms with Crippen molar-refractivity contribution in [3.8, 4) is 0 Å². The fraction of sp³-hybridized carbons (Fsp3) is 0.529. The molecule has 1 aromatic rings. The van der Waals surface area contributed by atoms with Gasteiger partial charge >= 0.3 is 0 Å². The molecule has 2 aliphatic rings. The predicted molar refractivity (Wildman–Crippen MR) is 77.8 cm³/mol. The zero-order valence-corrected chi connectivity index (χ0v) is 12.4. The number of fused-ring (bicyclic) bond motifs is 1. The molecule has 2 atom stereocenters. The Morgan fingerprint density at radius 3 is 2.40 bits per heavy atom. The number of rotatable bonds is 1. The van der Waals surface area contributed by atoms with Gasteiger partial charge in [0.05, 0.1) is 6.04 Å². The molecule has 0 bridgehead atoms. The maximum absolute atomic E-state index is 12.6. The number of nitrogens with zero attached hydrogens (tertiary/aromatic N) is 1. The Balaban J connectivity index is 2.04. The summed E-state index contributed by atoms with van der Waals surface area (Å²) in [5.41, 5.74) is 4.33. The summed E-state index contributed by atoms with van der Waals surface area (Å²) in [6.07, 6.45) is 2.91. The Labute approximate surface area is 120 Å². The molecular weight excluding hydrogens is 250 g/mol. The van der Waals surface area contributed by atoms with Crippen LogP contribution in [0, 0.1) is 20.8 Å². The standard InChI is InChI=1S/C17H21NO2/c1-10-8-12(3)13(9-11(10)2)15-16(19)14-6-4-5-7-18(14)17(15)20/h8-9,14-15H,4-7H2,1-3H3. The van der Waals surface area contributed by atoms with Crippen molar-refractivity contribution in [1.29, 1.82) is 0 Å². The molecule has 0 N–H and O–H groups in total. The summed E-state index contributed by atoms with van der Waals surface area (Å²) >= 11 is 0. The van der Waals surface area contributed by atoms with Crippen molar-refractivity contribution in [2.75, 3.05) is 6.54 Å². The van der Waals surface area contributed by atoms with Gasteiger partial charge in [-0.2, -0.15) is 0 Å². The van der Waals surface area contributed by atoms with Gasteiger partial charge in [0.2, 0.25) is 5.91 Å². The van der Waals surface area contributed by atoms with Gasteiger partial charge in [0, 0.05) is 6.54 Å². The van der Waals surface area contributed by atoms with Crippen LogP contribution in [0.25, 0.3) is 0 Å². The number of ketones is 1. The maximum Gasteiger partial charge on any atom is 0.238 e. The van der Waals surface area contributed by atoms with Gasteiger partial charge < -0.3 is 4.90 Å². The first kappa shape index (κ1) is 13.3. The minimum absolute atomic E-state index is 0.0195. The fourth-order valence-electron chi connectivity index (χ4n) is 3.55. The van der Waals surface area contributed by atoms with Crippen LogP contribution < -0.4 is 0 Å². The van der Waals surface area contributed by atoms with Crippen LogP contribution >= 0.6 is 0 Å². The van der Waals surface area contributed by atoms with Gasteiger partial charge in [0.1, 0.15) is 5.92 Å². The van der Waals surface area contributed by atoms with Crippen LogP contribution in [0.2, 0.25) is 0 Å². The van der Waals surface area contributed by atoms with E-state index in [-0.39, 0.29) is 17.7 Å². The molecule has 0 radical (unpaired) electrons. The smallest absolute Gasteiger partial charge is 0.238 e. The van der Waals surface area contributed by atoms with Gasteiger partial charge in [0.15, 0.2) is 5.78 Å². The first-order valence-electron chi connectivity index (χ1n) is 7.42. The number of aryl methyl sites for hydroxylation is 3. The first-order valence-corrected chi connectivity index (χ1v) is 7.42. The number of benzene rings is 1. The molecule has 2 fully saturated rings. The largest absolute Gasteiger partial charge is 0.332 e. The van der Waals surface area contributed by atoms with Crippen molar-refractivity contribution in [3.05, 3.63) is 34.4 Å². The van der Waals surface area contributed by atoms with Gasteiger partial charge in [-0.1, -0.05) is 12.1 Å². The average Bonchev–Trinajstić information content (AvgIpc) is 2.68. The molecule has 3 nitrogen and oxygen atoms in total. The predicted octanol–water partition coefficient (Wildman–Crippen LogP) is 2.66. The number of hydrogen-bond donors (Lipinski definition) is 0. The second-order valence-electron chi connectivity index (χ2n) is 6.17. The van der Waals surface area contributed by atoms with Crippen LogP contribution in [-0.4, -0.2) is 29.2 Å². The van der Waals surface area contributed by atoms with Crippen LogP contribution in [-0.2, 0) is 9.59 Å². The van der Waals surface area contributed by atoms with E-state index in [1.165, 1.54) is 5.56 Å². The summed E-state index contributed by atoms with van der Waals surface area (Å²) in [7, 11) is 0. The molecule has 2 saturated heterocycles. The third kappa shape index (κ3) is 1.88. The fourth-order valence-corrected chi connectivity index (χ4v) is 3.55. The lowest BCUT2D eigenvalue weighted by molar-refractivity contribution is -0.130. The van der Waals surface area contributed by atoms with Crippen LogP contribution in [0.4, 0.5) is 0 Å². The van der Waals surface area contributed by atoms with Crippen molar-refractivity contribution in [2.24, 2.45) is 0 Å². The third-order valence-corrected chi connectivity index (χ3v) is 4.84. The maximum atomic E-state index is 12.6. The highest BCUT2D eigenvalue weighted by Crippen LogP contribution is 2.36. The quantitative estimate of drug-likeness (QED) is 0.736. The minimum atomic E-state index is -0.558. The molecule has 3 heteroatoms. The highest BCUT2D eigenvalue weighted by Gasteiger charge is 2.48. The molecule has 2 unspecified atom stereocenters. The Morgan fingerprint density at radius 2 is 1.70 bits per heavy atom. The second kappa shape index (κ2) is 4.72. The zero-order valence-electron chi connectivity index (χ0n) is 12.4. The molecule has 0 spiro atoms. The van der Waals surface area contributed by atoms with Gasteiger partial charge in [-0.05, 0) is 62.3 Å². The van der Waals surface area contributed by atoms with Gasteiger partial charge in [-0.25, -0.2) is 0 Å². The number of hydrogen-bond acceptors (Lipinski definition) is 2. The Morgan fingerprint density at radius 1 is 1.00 bits per heavy atom. The highest BCUT2D eigenvalue weighted by molar-refractivity contribution is 6.15. The van der Waals surface area contributed by atoms with Gasteiger partial charge in [0.25, 0.3) is 0 Å². The van der Waals surface area contributed by atoms with Gasteiger partial charge in [-0.3, -0.25) is 9.59 Å². The normalized spacial score (nSPS) is 26.1. The lowest BCUT2D eigenvalue weighted by Crippen LogP contribution is -2.39. The lowest BCUT2D eigenvalue weighted by Gasteiger charge is -2.27. The monoisotopic (exact) mass is 271 g/mol. The first-order chi connectivity index (χ1) is 9.50. The van der Waals surface area contributed by atoms with E-state index >= 15 is 0 Å².